The third-order valence-corrected chi connectivity index (χ3v) is 2.25. The predicted molar refractivity (Wildman–Crippen MR) is 46.4 cm³/mol. The fraction of sp³-hybridized carbons (Fsp3) is 0.500. The molecule has 1 aromatic heterocycles. The molecule has 0 amide bonds. The van der Waals surface area contributed by atoms with Gasteiger partial charge in [-0.1, -0.05) is 6.92 Å². The number of nitrogens with zero attached hydrogens (tertiary/aromatic N) is 1. The third kappa shape index (κ3) is 0.995. The highest BCUT2D eigenvalue weighted by Gasteiger charge is 2.19. The second kappa shape index (κ2) is 2.62. The molecule has 0 unspecified atom stereocenters. The Labute approximate surface area is 70.0 Å². The Morgan fingerprint density at radius 1 is 1.67 bits per heavy atom. The second-order valence-corrected chi connectivity index (χ2v) is 3.11. The second-order valence-electron chi connectivity index (χ2n) is 3.11. The number of H-pyrrole nitrogens is 1. The molecule has 0 spiro atoms. The van der Waals surface area contributed by atoms with Gasteiger partial charge in [0.2, 0.25) is 0 Å². The van der Waals surface area contributed by atoms with Crippen molar-refractivity contribution < 1.29 is 0 Å². The van der Waals surface area contributed by atoms with Crippen LogP contribution in [0.15, 0.2) is 11.1 Å². The van der Waals surface area contributed by atoms with E-state index < -0.39 is 0 Å². The van der Waals surface area contributed by atoms with Gasteiger partial charge in [0.15, 0.2) is 0 Å². The zero-order chi connectivity index (χ0) is 8.55. The van der Waals surface area contributed by atoms with Gasteiger partial charge in [-0.15, -0.1) is 0 Å². The molecule has 12 heavy (non-hydrogen) atoms. The Balaban J connectivity index is 2.61. The largest absolute Gasteiger partial charge is 0.370 e. The molecule has 4 heteroatoms. The van der Waals surface area contributed by atoms with Gasteiger partial charge in [0.1, 0.15) is 5.82 Å². The van der Waals surface area contributed by atoms with Crippen LogP contribution in [0.25, 0.3) is 0 Å². The zero-order valence-corrected chi connectivity index (χ0v) is 6.92. The SMILES string of the molecule is C[C@@H]1CCNc2nc[nH]c(=O)c21. The predicted octanol–water partition coefficient (Wildman–Crippen LogP) is 0.689. The van der Waals surface area contributed by atoms with Crippen molar-refractivity contribution in [3.05, 3.63) is 22.2 Å². The van der Waals surface area contributed by atoms with E-state index in [0.717, 1.165) is 24.3 Å². The van der Waals surface area contributed by atoms with Crippen molar-refractivity contribution >= 4 is 5.82 Å². The molecule has 1 atom stereocenters. The monoisotopic (exact) mass is 165 g/mol. The molecular formula is C8H11N3O. The molecule has 0 fully saturated rings. The molecule has 2 rings (SSSR count). The van der Waals surface area contributed by atoms with Gasteiger partial charge < -0.3 is 10.3 Å². The Morgan fingerprint density at radius 2 is 2.50 bits per heavy atom. The highest BCUT2D eigenvalue weighted by molar-refractivity contribution is 5.46. The number of fused-ring (bicyclic) bond motifs is 1. The average molecular weight is 165 g/mol. The van der Waals surface area contributed by atoms with Gasteiger partial charge >= 0.3 is 0 Å². The summed E-state index contributed by atoms with van der Waals surface area (Å²) in [6, 6.07) is 0. The molecule has 4 nitrogen and oxygen atoms in total. The molecule has 0 saturated heterocycles. The van der Waals surface area contributed by atoms with Crippen LogP contribution in [0.1, 0.15) is 24.8 Å². The van der Waals surface area contributed by atoms with Gasteiger partial charge in [-0.25, -0.2) is 4.98 Å². The van der Waals surface area contributed by atoms with E-state index in [9.17, 15) is 4.79 Å². The molecule has 1 aliphatic heterocycles. The van der Waals surface area contributed by atoms with Crippen molar-refractivity contribution in [1.82, 2.24) is 9.97 Å². The Bertz CT molecular complexity index is 344. The third-order valence-electron chi connectivity index (χ3n) is 2.25. The lowest BCUT2D eigenvalue weighted by atomic mass is 9.96. The van der Waals surface area contributed by atoms with E-state index in [1.165, 1.54) is 6.33 Å². The Kier molecular flexibility index (Phi) is 1.60. The topological polar surface area (TPSA) is 57.8 Å². The van der Waals surface area contributed by atoms with Crippen molar-refractivity contribution in [1.29, 1.82) is 0 Å². The van der Waals surface area contributed by atoms with Gasteiger partial charge in [-0.05, 0) is 12.3 Å². The normalized spacial score (nSPS) is 21.2. The van der Waals surface area contributed by atoms with E-state index in [1.54, 1.807) is 0 Å². The number of rotatable bonds is 0. The van der Waals surface area contributed by atoms with E-state index in [1.807, 2.05) is 0 Å². The summed E-state index contributed by atoms with van der Waals surface area (Å²) < 4.78 is 0. The van der Waals surface area contributed by atoms with Gasteiger partial charge in [0, 0.05) is 6.54 Å². The number of hydrogen-bond acceptors (Lipinski definition) is 3. The minimum absolute atomic E-state index is 0.0142. The quantitative estimate of drug-likeness (QED) is 0.594. The van der Waals surface area contributed by atoms with Crippen LogP contribution < -0.4 is 10.9 Å². The highest BCUT2D eigenvalue weighted by Crippen LogP contribution is 2.25. The molecule has 1 aromatic rings. The lowest BCUT2D eigenvalue weighted by Gasteiger charge is -2.20. The molecular weight excluding hydrogens is 154 g/mol. The van der Waals surface area contributed by atoms with Crippen LogP contribution in [0.4, 0.5) is 5.82 Å². The summed E-state index contributed by atoms with van der Waals surface area (Å²) in [7, 11) is 0. The van der Waals surface area contributed by atoms with Crippen LogP contribution in [-0.2, 0) is 0 Å². The lowest BCUT2D eigenvalue weighted by Crippen LogP contribution is -2.25. The first-order valence-corrected chi connectivity index (χ1v) is 4.10. The van der Waals surface area contributed by atoms with Crippen molar-refractivity contribution in [2.75, 3.05) is 11.9 Å². The Morgan fingerprint density at radius 3 is 3.25 bits per heavy atom. The van der Waals surface area contributed by atoms with Crippen molar-refractivity contribution in [2.45, 2.75) is 19.3 Å². The highest BCUT2D eigenvalue weighted by atomic mass is 16.1. The van der Waals surface area contributed by atoms with E-state index in [2.05, 4.69) is 22.2 Å². The fourth-order valence-corrected chi connectivity index (χ4v) is 1.56. The summed E-state index contributed by atoms with van der Waals surface area (Å²) in [5, 5.41) is 3.10. The summed E-state index contributed by atoms with van der Waals surface area (Å²) in [6.07, 6.45) is 2.44. The average Bonchev–Trinajstić information content (AvgIpc) is 2.04. The molecule has 0 aliphatic carbocycles. The summed E-state index contributed by atoms with van der Waals surface area (Å²) >= 11 is 0. The fourth-order valence-electron chi connectivity index (χ4n) is 1.56. The maximum absolute atomic E-state index is 11.3. The van der Waals surface area contributed by atoms with Crippen LogP contribution in [0, 0.1) is 0 Å². The molecule has 2 heterocycles. The smallest absolute Gasteiger partial charge is 0.256 e. The molecule has 64 valence electrons. The number of anilines is 1. The molecule has 0 radical (unpaired) electrons. The maximum Gasteiger partial charge on any atom is 0.256 e. The van der Waals surface area contributed by atoms with Crippen LogP contribution in [0.3, 0.4) is 0 Å². The van der Waals surface area contributed by atoms with Gasteiger partial charge in [0.25, 0.3) is 5.56 Å². The molecule has 0 saturated carbocycles. The minimum Gasteiger partial charge on any atom is -0.370 e. The molecule has 0 aromatic carbocycles. The van der Waals surface area contributed by atoms with Crippen molar-refractivity contribution in [3.8, 4) is 0 Å². The van der Waals surface area contributed by atoms with E-state index in [0.29, 0.717) is 5.92 Å². The first-order valence-electron chi connectivity index (χ1n) is 4.10. The molecule has 2 N–H and O–H groups in total. The van der Waals surface area contributed by atoms with E-state index in [-0.39, 0.29) is 5.56 Å². The standard InChI is InChI=1S/C8H11N3O/c1-5-2-3-9-7-6(5)8(12)11-4-10-7/h4-5H,2-3H2,1H3,(H2,9,10,11,12)/t5-/m1/s1. The lowest BCUT2D eigenvalue weighted by molar-refractivity contribution is 0.665. The Hall–Kier alpha value is -1.32. The minimum atomic E-state index is -0.0142. The molecule has 1 aliphatic rings. The summed E-state index contributed by atoms with van der Waals surface area (Å²) in [4.78, 5) is 18.0. The van der Waals surface area contributed by atoms with E-state index >= 15 is 0 Å². The van der Waals surface area contributed by atoms with Crippen LogP contribution in [0.2, 0.25) is 0 Å². The van der Waals surface area contributed by atoms with Crippen molar-refractivity contribution in [2.24, 2.45) is 0 Å². The van der Waals surface area contributed by atoms with Crippen LogP contribution in [0.5, 0.6) is 0 Å². The van der Waals surface area contributed by atoms with Crippen LogP contribution >= 0.6 is 0 Å². The van der Waals surface area contributed by atoms with Gasteiger partial charge in [-0.3, -0.25) is 4.79 Å². The number of hydrogen-bond donors (Lipinski definition) is 2. The zero-order valence-electron chi connectivity index (χ0n) is 6.92. The summed E-state index contributed by atoms with van der Waals surface area (Å²) in [5.41, 5.74) is 0.781. The first kappa shape index (κ1) is 7.34. The maximum atomic E-state index is 11.3. The summed E-state index contributed by atoms with van der Waals surface area (Å²) in [6.45, 7) is 2.96. The number of nitrogens with one attached hydrogen (secondary N) is 2. The molecule has 0 bridgehead atoms. The van der Waals surface area contributed by atoms with Crippen LogP contribution in [-0.4, -0.2) is 16.5 Å². The number of aromatic nitrogens is 2. The van der Waals surface area contributed by atoms with Gasteiger partial charge in [0.05, 0.1) is 11.9 Å². The first-order chi connectivity index (χ1) is 5.79. The summed E-state index contributed by atoms with van der Waals surface area (Å²) in [5.74, 6) is 1.07. The number of aromatic amines is 1. The van der Waals surface area contributed by atoms with E-state index in [4.69, 9.17) is 0 Å². The van der Waals surface area contributed by atoms with Crippen molar-refractivity contribution in [3.63, 3.8) is 0 Å². The van der Waals surface area contributed by atoms with Gasteiger partial charge in [-0.2, -0.15) is 0 Å².